The number of nitrogens with zero attached hydrogens (tertiary/aromatic N) is 1. The number of hydrogen-bond acceptors (Lipinski definition) is 4. The first-order chi connectivity index (χ1) is 7.06. The van der Waals surface area contributed by atoms with E-state index in [-0.39, 0.29) is 5.91 Å². The molecule has 1 aromatic rings. The molecule has 1 atom stereocenters. The van der Waals surface area contributed by atoms with Gasteiger partial charge in [0.15, 0.2) is 0 Å². The molecule has 1 rings (SSSR count). The Bertz CT molecular complexity index is 327. The highest BCUT2D eigenvalue weighted by Gasteiger charge is 2.13. The summed E-state index contributed by atoms with van der Waals surface area (Å²) in [4.78, 5) is 11.4. The average Bonchev–Trinajstić information content (AvgIpc) is 2.54. The Morgan fingerprint density at radius 3 is 2.73 bits per heavy atom. The number of aryl methyl sites for hydroxylation is 2. The fraction of sp³-hybridized carbons (Fsp3) is 0.600. The van der Waals surface area contributed by atoms with Crippen LogP contribution in [-0.4, -0.2) is 17.1 Å². The molecule has 0 fully saturated rings. The Morgan fingerprint density at radius 1 is 1.60 bits per heavy atom. The lowest BCUT2D eigenvalue weighted by Crippen LogP contribution is -2.39. The summed E-state index contributed by atoms with van der Waals surface area (Å²) in [6.45, 7) is 5.97. The zero-order valence-corrected chi connectivity index (χ0v) is 9.33. The zero-order chi connectivity index (χ0) is 11.4. The largest absolute Gasteiger partial charge is 0.361 e. The van der Waals surface area contributed by atoms with E-state index < -0.39 is 6.04 Å². The molecule has 0 unspecified atom stereocenters. The minimum absolute atomic E-state index is 0.141. The SMILES string of the molecule is CC[C@H](N)C(=O)NCc1c(C)noc1C. The number of aromatic nitrogens is 1. The summed E-state index contributed by atoms with van der Waals surface area (Å²) in [5, 5.41) is 6.56. The van der Waals surface area contributed by atoms with Crippen molar-refractivity contribution >= 4 is 5.91 Å². The molecule has 84 valence electrons. The molecule has 0 bridgehead atoms. The van der Waals surface area contributed by atoms with Crippen molar-refractivity contribution in [1.29, 1.82) is 0 Å². The highest BCUT2D eigenvalue weighted by atomic mass is 16.5. The molecule has 3 N–H and O–H groups in total. The molecule has 0 spiro atoms. The van der Waals surface area contributed by atoms with Crippen LogP contribution in [0, 0.1) is 13.8 Å². The van der Waals surface area contributed by atoms with Crippen LogP contribution in [0.1, 0.15) is 30.4 Å². The van der Waals surface area contributed by atoms with Crippen LogP contribution in [0.3, 0.4) is 0 Å². The zero-order valence-electron chi connectivity index (χ0n) is 9.33. The Kier molecular flexibility index (Phi) is 3.85. The second-order valence-electron chi connectivity index (χ2n) is 3.54. The van der Waals surface area contributed by atoms with E-state index in [9.17, 15) is 4.79 Å². The van der Waals surface area contributed by atoms with E-state index >= 15 is 0 Å². The normalized spacial score (nSPS) is 12.5. The molecule has 5 nitrogen and oxygen atoms in total. The van der Waals surface area contributed by atoms with Crippen molar-refractivity contribution < 1.29 is 9.32 Å². The first kappa shape index (κ1) is 11.7. The first-order valence-corrected chi connectivity index (χ1v) is 5.01. The Morgan fingerprint density at radius 2 is 2.27 bits per heavy atom. The van der Waals surface area contributed by atoms with E-state index in [1.165, 1.54) is 0 Å². The van der Waals surface area contributed by atoms with Gasteiger partial charge in [0.2, 0.25) is 5.91 Å². The lowest BCUT2D eigenvalue weighted by molar-refractivity contribution is -0.122. The fourth-order valence-electron chi connectivity index (χ4n) is 1.25. The molecule has 0 aromatic carbocycles. The summed E-state index contributed by atoms with van der Waals surface area (Å²) in [6.07, 6.45) is 0.632. The number of amides is 1. The number of hydrogen-bond donors (Lipinski definition) is 2. The topological polar surface area (TPSA) is 81.2 Å². The second kappa shape index (κ2) is 4.93. The quantitative estimate of drug-likeness (QED) is 0.766. The van der Waals surface area contributed by atoms with E-state index in [0.717, 1.165) is 17.0 Å². The van der Waals surface area contributed by atoms with E-state index in [4.69, 9.17) is 10.3 Å². The summed E-state index contributed by atoms with van der Waals surface area (Å²) in [6, 6.07) is -0.439. The molecule has 0 aliphatic carbocycles. The minimum atomic E-state index is -0.439. The number of rotatable bonds is 4. The van der Waals surface area contributed by atoms with Crippen LogP contribution < -0.4 is 11.1 Å². The fourth-order valence-corrected chi connectivity index (χ4v) is 1.25. The lowest BCUT2D eigenvalue weighted by Gasteiger charge is -2.09. The number of nitrogens with two attached hydrogens (primary N) is 1. The Hall–Kier alpha value is -1.36. The molecule has 15 heavy (non-hydrogen) atoms. The maximum atomic E-state index is 11.4. The van der Waals surface area contributed by atoms with Crippen molar-refractivity contribution in [3.05, 3.63) is 17.0 Å². The average molecular weight is 211 g/mol. The highest BCUT2D eigenvalue weighted by Crippen LogP contribution is 2.11. The number of carbonyl (C=O) groups excluding carboxylic acids is 1. The van der Waals surface area contributed by atoms with Gasteiger partial charge < -0.3 is 15.6 Å². The van der Waals surface area contributed by atoms with Crippen molar-refractivity contribution in [2.24, 2.45) is 5.73 Å². The molecule has 0 radical (unpaired) electrons. The van der Waals surface area contributed by atoms with Crippen molar-refractivity contribution in [3.63, 3.8) is 0 Å². The van der Waals surface area contributed by atoms with Crippen LogP contribution >= 0.6 is 0 Å². The van der Waals surface area contributed by atoms with Gasteiger partial charge in [-0.25, -0.2) is 0 Å². The first-order valence-electron chi connectivity index (χ1n) is 5.01. The summed E-state index contributed by atoms with van der Waals surface area (Å²) < 4.78 is 4.98. The van der Waals surface area contributed by atoms with Gasteiger partial charge in [-0.1, -0.05) is 12.1 Å². The molecule has 1 heterocycles. The van der Waals surface area contributed by atoms with Crippen LogP contribution in [0.5, 0.6) is 0 Å². The van der Waals surface area contributed by atoms with Crippen molar-refractivity contribution in [1.82, 2.24) is 10.5 Å². The minimum Gasteiger partial charge on any atom is -0.361 e. The standard InChI is InChI=1S/C10H17N3O2/c1-4-9(11)10(14)12-5-8-6(2)13-15-7(8)3/h9H,4-5,11H2,1-3H3,(H,12,14)/t9-/m0/s1. The smallest absolute Gasteiger partial charge is 0.237 e. The summed E-state index contributed by atoms with van der Waals surface area (Å²) in [5.74, 6) is 0.593. The van der Waals surface area contributed by atoms with Gasteiger partial charge in [0, 0.05) is 12.1 Å². The lowest BCUT2D eigenvalue weighted by atomic mass is 10.2. The molecule has 1 aromatic heterocycles. The van der Waals surface area contributed by atoms with Gasteiger partial charge in [0.25, 0.3) is 0 Å². The monoisotopic (exact) mass is 211 g/mol. The Balaban J connectivity index is 2.54. The highest BCUT2D eigenvalue weighted by molar-refractivity contribution is 5.81. The molecule has 0 aliphatic rings. The van der Waals surface area contributed by atoms with Crippen LogP contribution in [-0.2, 0) is 11.3 Å². The van der Waals surface area contributed by atoms with Gasteiger partial charge in [-0.15, -0.1) is 0 Å². The maximum absolute atomic E-state index is 11.4. The maximum Gasteiger partial charge on any atom is 0.237 e. The van der Waals surface area contributed by atoms with Gasteiger partial charge in [0.05, 0.1) is 11.7 Å². The van der Waals surface area contributed by atoms with Crippen LogP contribution in [0.15, 0.2) is 4.52 Å². The van der Waals surface area contributed by atoms with Gasteiger partial charge in [-0.05, 0) is 20.3 Å². The summed E-state index contributed by atoms with van der Waals surface area (Å²) in [7, 11) is 0. The second-order valence-corrected chi connectivity index (χ2v) is 3.54. The number of nitrogens with one attached hydrogen (secondary N) is 1. The van der Waals surface area contributed by atoms with E-state index in [0.29, 0.717) is 13.0 Å². The number of carbonyl (C=O) groups is 1. The van der Waals surface area contributed by atoms with Crippen molar-refractivity contribution in [2.75, 3.05) is 0 Å². The molecule has 0 saturated carbocycles. The molecule has 5 heteroatoms. The van der Waals surface area contributed by atoms with Gasteiger partial charge in [0.1, 0.15) is 5.76 Å². The van der Waals surface area contributed by atoms with E-state index in [2.05, 4.69) is 10.5 Å². The van der Waals surface area contributed by atoms with Crippen LogP contribution in [0.4, 0.5) is 0 Å². The third-order valence-corrected chi connectivity index (χ3v) is 2.40. The van der Waals surface area contributed by atoms with Gasteiger partial charge in [-0.3, -0.25) is 4.79 Å². The molecular weight excluding hydrogens is 194 g/mol. The third-order valence-electron chi connectivity index (χ3n) is 2.40. The van der Waals surface area contributed by atoms with E-state index in [1.807, 2.05) is 20.8 Å². The molecular formula is C10H17N3O2. The van der Waals surface area contributed by atoms with Gasteiger partial charge in [-0.2, -0.15) is 0 Å². The van der Waals surface area contributed by atoms with Crippen LogP contribution in [0.2, 0.25) is 0 Å². The predicted octanol–water partition coefficient (Wildman–Crippen LogP) is 0.645. The Labute approximate surface area is 89.0 Å². The van der Waals surface area contributed by atoms with Crippen molar-refractivity contribution in [2.45, 2.75) is 39.8 Å². The summed E-state index contributed by atoms with van der Waals surface area (Å²) in [5.41, 5.74) is 7.31. The molecule has 0 aliphatic heterocycles. The van der Waals surface area contributed by atoms with Crippen LogP contribution in [0.25, 0.3) is 0 Å². The van der Waals surface area contributed by atoms with E-state index in [1.54, 1.807) is 0 Å². The summed E-state index contributed by atoms with van der Waals surface area (Å²) >= 11 is 0. The van der Waals surface area contributed by atoms with Crippen molar-refractivity contribution in [3.8, 4) is 0 Å². The predicted molar refractivity (Wildman–Crippen MR) is 56.1 cm³/mol. The third kappa shape index (κ3) is 2.79. The molecule has 1 amide bonds. The van der Waals surface area contributed by atoms with Gasteiger partial charge >= 0.3 is 0 Å². The molecule has 0 saturated heterocycles.